The van der Waals surface area contributed by atoms with Crippen LogP contribution in [0.15, 0.2) is 122 Å². The van der Waals surface area contributed by atoms with Crippen molar-refractivity contribution in [2.75, 3.05) is 47.5 Å². The van der Waals surface area contributed by atoms with E-state index in [9.17, 15) is 19.0 Å². The highest BCUT2D eigenvalue weighted by Gasteiger charge is 2.27. The highest BCUT2D eigenvalue weighted by atomic mass is 31.2. The first-order valence-corrected chi connectivity index (χ1v) is 38.8. The van der Waals surface area contributed by atoms with Crippen LogP contribution in [0, 0.1) is 0 Å². The van der Waals surface area contributed by atoms with Gasteiger partial charge in [0.25, 0.3) is 0 Å². The van der Waals surface area contributed by atoms with Crippen LogP contribution in [0.3, 0.4) is 0 Å². The minimum atomic E-state index is -4.41. The van der Waals surface area contributed by atoms with Crippen molar-refractivity contribution in [3.63, 3.8) is 0 Å². The fourth-order valence-corrected chi connectivity index (χ4v) is 11.0. The Morgan fingerprint density at radius 2 is 0.633 bits per heavy atom. The summed E-state index contributed by atoms with van der Waals surface area (Å²) in [6.45, 7) is 4.32. The van der Waals surface area contributed by atoms with Crippen molar-refractivity contribution in [1.82, 2.24) is 0 Å². The summed E-state index contributed by atoms with van der Waals surface area (Å²) in [7, 11) is 1.46. The Bertz CT molecular complexity index is 1940. The van der Waals surface area contributed by atoms with E-state index in [-0.39, 0.29) is 32.0 Å². The zero-order valence-corrected chi connectivity index (χ0v) is 60.0. The fraction of sp³-hybridized carbons (Fsp3) is 0.725. The lowest BCUT2D eigenvalue weighted by molar-refractivity contribution is -0.870. The Morgan fingerprint density at radius 1 is 0.356 bits per heavy atom. The van der Waals surface area contributed by atoms with Crippen molar-refractivity contribution in [3.8, 4) is 0 Å². The molecular formula is C80H141NO8P+. The van der Waals surface area contributed by atoms with Crippen molar-refractivity contribution in [1.29, 1.82) is 0 Å². The number of hydrogen-bond acceptors (Lipinski definition) is 7. The maximum Gasteiger partial charge on any atom is 0.472 e. The number of ether oxygens (including phenoxy) is 2. The van der Waals surface area contributed by atoms with Crippen LogP contribution in [0.2, 0.25) is 0 Å². The number of carbonyl (C=O) groups excluding carboxylic acids is 2. The molecule has 0 aromatic heterocycles. The van der Waals surface area contributed by atoms with Crippen LogP contribution in [-0.2, 0) is 32.7 Å². The van der Waals surface area contributed by atoms with E-state index in [1.165, 1.54) is 173 Å². The van der Waals surface area contributed by atoms with Gasteiger partial charge in [0, 0.05) is 12.8 Å². The highest BCUT2D eigenvalue weighted by Crippen LogP contribution is 2.43. The maximum atomic E-state index is 12.9. The van der Waals surface area contributed by atoms with Crippen LogP contribution < -0.4 is 0 Å². The van der Waals surface area contributed by atoms with Crippen LogP contribution in [0.1, 0.15) is 322 Å². The molecule has 0 saturated carbocycles. The third kappa shape index (κ3) is 73.5. The van der Waals surface area contributed by atoms with Gasteiger partial charge in [0.15, 0.2) is 6.10 Å². The van der Waals surface area contributed by atoms with Gasteiger partial charge >= 0.3 is 19.8 Å². The zero-order chi connectivity index (χ0) is 65.5. The molecule has 0 aliphatic heterocycles. The van der Waals surface area contributed by atoms with Gasteiger partial charge < -0.3 is 18.9 Å². The molecule has 2 unspecified atom stereocenters. The zero-order valence-electron chi connectivity index (χ0n) is 59.1. The van der Waals surface area contributed by atoms with Gasteiger partial charge in [0.05, 0.1) is 27.7 Å². The third-order valence-electron chi connectivity index (χ3n) is 16.0. The summed E-state index contributed by atoms with van der Waals surface area (Å²) in [5.74, 6) is -0.810. The Balaban J connectivity index is 4.05. The number of hydrogen-bond donors (Lipinski definition) is 1. The smallest absolute Gasteiger partial charge is 0.462 e. The highest BCUT2D eigenvalue weighted by molar-refractivity contribution is 7.47. The first-order chi connectivity index (χ1) is 44.0. The number of allylic oxidation sites excluding steroid dienone is 20. The van der Waals surface area contributed by atoms with E-state index >= 15 is 0 Å². The summed E-state index contributed by atoms with van der Waals surface area (Å²) in [6, 6.07) is 0. The number of unbranched alkanes of at least 4 members (excludes halogenated alkanes) is 34. The van der Waals surface area contributed by atoms with E-state index in [4.69, 9.17) is 18.5 Å². The number of phosphoric ester groups is 1. The first-order valence-electron chi connectivity index (χ1n) is 37.3. The molecule has 0 aliphatic carbocycles. The molecule has 0 aromatic rings. The monoisotopic (exact) mass is 1280 g/mol. The van der Waals surface area contributed by atoms with Gasteiger partial charge in [0.1, 0.15) is 19.8 Å². The second-order valence-corrected chi connectivity index (χ2v) is 27.4. The van der Waals surface area contributed by atoms with Crippen molar-refractivity contribution >= 4 is 19.8 Å². The number of nitrogens with zero attached hydrogens (tertiary/aromatic N) is 1. The van der Waals surface area contributed by atoms with Gasteiger partial charge in [-0.1, -0.05) is 322 Å². The van der Waals surface area contributed by atoms with Gasteiger partial charge in [-0.25, -0.2) is 4.57 Å². The second-order valence-electron chi connectivity index (χ2n) is 25.9. The molecule has 1 N–H and O–H groups in total. The van der Waals surface area contributed by atoms with Gasteiger partial charge in [0.2, 0.25) is 0 Å². The van der Waals surface area contributed by atoms with Crippen molar-refractivity contribution < 1.29 is 42.1 Å². The summed E-state index contributed by atoms with van der Waals surface area (Å²) in [5.41, 5.74) is 0. The van der Waals surface area contributed by atoms with Crippen molar-refractivity contribution in [2.45, 2.75) is 328 Å². The minimum Gasteiger partial charge on any atom is -0.462 e. The van der Waals surface area contributed by atoms with E-state index < -0.39 is 26.5 Å². The Kier molecular flexibility index (Phi) is 67.0. The van der Waals surface area contributed by atoms with Gasteiger partial charge in [-0.3, -0.25) is 18.6 Å². The molecule has 0 saturated heterocycles. The molecule has 518 valence electrons. The van der Waals surface area contributed by atoms with Crippen molar-refractivity contribution in [3.05, 3.63) is 122 Å². The molecule has 2 atom stereocenters. The van der Waals surface area contributed by atoms with Crippen LogP contribution in [0.5, 0.6) is 0 Å². The van der Waals surface area contributed by atoms with E-state index in [1.807, 2.05) is 21.1 Å². The molecule has 0 aromatic carbocycles. The predicted molar refractivity (Wildman–Crippen MR) is 390 cm³/mol. The first kappa shape index (κ1) is 86.4. The second kappa shape index (κ2) is 69.7. The molecule has 0 amide bonds. The maximum absolute atomic E-state index is 12.9. The van der Waals surface area contributed by atoms with Crippen LogP contribution in [0.4, 0.5) is 0 Å². The number of rotatable bonds is 68. The topological polar surface area (TPSA) is 108 Å². The Morgan fingerprint density at radius 3 is 0.944 bits per heavy atom. The molecule has 0 bridgehead atoms. The number of esters is 2. The van der Waals surface area contributed by atoms with Crippen LogP contribution in [-0.4, -0.2) is 74.9 Å². The number of phosphoric acid groups is 1. The number of quaternary nitrogens is 1. The number of carbonyl (C=O) groups is 2. The molecule has 90 heavy (non-hydrogen) atoms. The summed E-state index contributed by atoms with van der Waals surface area (Å²) >= 11 is 0. The van der Waals surface area contributed by atoms with Crippen molar-refractivity contribution in [2.24, 2.45) is 0 Å². The Labute approximate surface area is 556 Å². The predicted octanol–water partition coefficient (Wildman–Crippen LogP) is 24.6. The summed E-state index contributed by atoms with van der Waals surface area (Å²) in [6.07, 6.45) is 100. The van der Waals surface area contributed by atoms with Crippen LogP contribution in [0.25, 0.3) is 0 Å². The molecular weight excluding hydrogens is 1130 g/mol. The SMILES string of the molecule is CC/C=C\C/C=C\C/C=C\C/C=C\C/C=C\C/C=C\C/C=C\C/C=C\CCCCCCCCC(=O)OC(COC(=O)CCCCCCCCCCCCCCCCCCCCCCCCC/C=C\C/C=C\CCCCCCC)COP(=O)(O)OCC[N+](C)(C)C. The average molecular weight is 1280 g/mol. The molecule has 9 nitrogen and oxygen atoms in total. The number of likely N-dealkylation sites (N-methyl/N-ethyl adjacent to an activating group) is 1. The third-order valence-corrected chi connectivity index (χ3v) is 17.0. The van der Waals surface area contributed by atoms with Crippen LogP contribution >= 0.6 is 7.82 Å². The largest absolute Gasteiger partial charge is 0.472 e. The molecule has 0 fully saturated rings. The van der Waals surface area contributed by atoms with Gasteiger partial charge in [-0.2, -0.15) is 0 Å². The average Bonchev–Trinajstić information content (AvgIpc) is 3.58. The summed E-state index contributed by atoms with van der Waals surface area (Å²) in [5, 5.41) is 0. The Hall–Kier alpha value is -3.59. The summed E-state index contributed by atoms with van der Waals surface area (Å²) in [4.78, 5) is 35.9. The van der Waals surface area contributed by atoms with E-state index in [0.29, 0.717) is 17.4 Å². The van der Waals surface area contributed by atoms with Gasteiger partial charge in [-0.05, 0) is 109 Å². The van der Waals surface area contributed by atoms with E-state index in [0.717, 1.165) is 116 Å². The van der Waals surface area contributed by atoms with Gasteiger partial charge in [-0.15, -0.1) is 0 Å². The lowest BCUT2D eigenvalue weighted by Crippen LogP contribution is -2.37. The molecule has 0 aliphatic rings. The summed E-state index contributed by atoms with van der Waals surface area (Å²) < 4.78 is 34.7. The lowest BCUT2D eigenvalue weighted by Gasteiger charge is -2.24. The standard InChI is InChI=1S/C80H140NO8P/c1-6-8-10-12-14-16-18-20-22-24-26-28-30-32-34-36-38-39-40-41-43-44-46-48-50-52-54-56-58-60-62-64-66-68-70-72-79(82)86-76-78(77-88-90(84,85)87-75-74-81(3,4)5)89-80(83)73-71-69-67-65-63-61-59-57-55-53-51-49-47-45-42-37-35-33-31-29-27-25-23-21-19-17-15-13-11-9-7-2/h9,11,15,17-18,20-21,23-24,26-27,29,33,35,42,45,49,51,55,57,78H,6-8,10,12-14,16,19,22,25,28,30-32,34,36-41,43-44,46-48,50,52-54,56,58-77H2,1-5H3/p+1/b11-9-,17-15-,20-18-,23-21-,26-24-,29-27-,35-33-,45-42-,51-49-,57-55-. The minimum absolute atomic E-state index is 0.0239. The molecule has 0 heterocycles. The van der Waals surface area contributed by atoms with E-state index in [1.54, 1.807) is 0 Å². The normalized spacial score (nSPS) is 13.8. The van der Waals surface area contributed by atoms with E-state index in [2.05, 4.69) is 135 Å². The fourth-order valence-electron chi connectivity index (χ4n) is 10.3. The molecule has 0 spiro atoms. The molecule has 10 heteroatoms. The quantitative estimate of drug-likeness (QED) is 0.0211. The molecule has 0 rings (SSSR count). The molecule has 0 radical (unpaired) electrons. The lowest BCUT2D eigenvalue weighted by atomic mass is 10.0.